The summed E-state index contributed by atoms with van der Waals surface area (Å²) in [5, 5.41) is 0. The van der Waals surface area contributed by atoms with E-state index in [1.807, 2.05) is 0 Å². The van der Waals surface area contributed by atoms with Crippen molar-refractivity contribution in [2.45, 2.75) is 25.2 Å². The van der Waals surface area contributed by atoms with Crippen molar-refractivity contribution in [3.05, 3.63) is 18.2 Å². The Kier molecular flexibility index (Phi) is 5.32. The summed E-state index contributed by atoms with van der Waals surface area (Å²) in [5.74, 6) is 1.79. The molecule has 0 spiro atoms. The van der Waals surface area contributed by atoms with E-state index in [1.165, 1.54) is 0 Å². The van der Waals surface area contributed by atoms with Gasteiger partial charge in [-0.05, 0) is 31.0 Å². The Bertz CT molecular complexity index is 667. The lowest BCUT2D eigenvalue weighted by Crippen LogP contribution is -2.48. The van der Waals surface area contributed by atoms with E-state index < -0.39 is 10.0 Å². The molecule has 1 fully saturated rings. The number of sulfonamides is 1. The molecule has 1 aromatic rings. The summed E-state index contributed by atoms with van der Waals surface area (Å²) in [6.45, 7) is 9.06. The average Bonchev–Trinajstić information content (AvgIpc) is 2.60. The van der Waals surface area contributed by atoms with E-state index in [0.29, 0.717) is 43.7 Å². The topological polar surface area (TPSA) is 59.1 Å². The first-order valence-electron chi connectivity index (χ1n) is 8.59. The number of hydrogen-bond acceptors (Lipinski definition) is 5. The van der Waals surface area contributed by atoms with Gasteiger partial charge in [-0.2, -0.15) is 4.31 Å². The van der Waals surface area contributed by atoms with Gasteiger partial charge in [0.05, 0.1) is 4.90 Å². The zero-order chi connectivity index (χ0) is 17.2. The zero-order valence-corrected chi connectivity index (χ0v) is 15.2. The van der Waals surface area contributed by atoms with Crippen molar-refractivity contribution in [1.82, 2.24) is 9.21 Å². The van der Waals surface area contributed by atoms with Gasteiger partial charge < -0.3 is 14.4 Å². The Balaban J connectivity index is 1.66. The first kappa shape index (κ1) is 17.5. The quantitative estimate of drug-likeness (QED) is 0.807. The van der Waals surface area contributed by atoms with Crippen LogP contribution in [0.5, 0.6) is 11.5 Å². The summed E-state index contributed by atoms with van der Waals surface area (Å²) >= 11 is 0. The summed E-state index contributed by atoms with van der Waals surface area (Å²) in [7, 11) is -3.48. The normalized spacial score (nSPS) is 19.6. The van der Waals surface area contributed by atoms with Crippen LogP contribution >= 0.6 is 0 Å². The molecule has 1 saturated heterocycles. The van der Waals surface area contributed by atoms with Gasteiger partial charge in [0.15, 0.2) is 11.5 Å². The van der Waals surface area contributed by atoms with Crippen LogP contribution in [0.25, 0.3) is 0 Å². The Hall–Kier alpha value is -1.31. The van der Waals surface area contributed by atoms with E-state index >= 15 is 0 Å². The highest BCUT2D eigenvalue weighted by molar-refractivity contribution is 7.89. The number of nitrogens with zero attached hydrogens (tertiary/aromatic N) is 2. The molecule has 0 aromatic heterocycles. The molecule has 0 radical (unpaired) electrons. The molecule has 0 unspecified atom stereocenters. The van der Waals surface area contributed by atoms with Gasteiger partial charge in [-0.25, -0.2) is 8.42 Å². The van der Waals surface area contributed by atoms with Crippen molar-refractivity contribution >= 4 is 10.0 Å². The molecule has 0 N–H and O–H groups in total. The number of ether oxygens (including phenoxy) is 2. The van der Waals surface area contributed by atoms with Gasteiger partial charge in [0.2, 0.25) is 10.0 Å². The van der Waals surface area contributed by atoms with Crippen LogP contribution in [0.4, 0.5) is 0 Å². The van der Waals surface area contributed by atoms with Crippen LogP contribution in [0.1, 0.15) is 20.3 Å². The number of fused-ring (bicyclic) bond motifs is 1. The molecule has 6 nitrogen and oxygen atoms in total. The number of benzene rings is 1. The van der Waals surface area contributed by atoms with Crippen LogP contribution in [0.3, 0.4) is 0 Å². The highest BCUT2D eigenvalue weighted by atomic mass is 32.2. The molecule has 2 aliphatic heterocycles. The maximum atomic E-state index is 12.9. The first-order valence-corrected chi connectivity index (χ1v) is 10.0. The monoisotopic (exact) mass is 354 g/mol. The molecule has 0 bridgehead atoms. The van der Waals surface area contributed by atoms with Crippen LogP contribution in [0.15, 0.2) is 23.1 Å². The van der Waals surface area contributed by atoms with Gasteiger partial charge >= 0.3 is 0 Å². The van der Waals surface area contributed by atoms with Gasteiger partial charge in [0.1, 0.15) is 13.2 Å². The maximum absolute atomic E-state index is 12.9. The van der Waals surface area contributed by atoms with Crippen molar-refractivity contribution in [2.75, 3.05) is 45.9 Å². The van der Waals surface area contributed by atoms with Crippen LogP contribution in [0, 0.1) is 5.92 Å². The van der Waals surface area contributed by atoms with Crippen LogP contribution in [0.2, 0.25) is 0 Å². The second-order valence-electron chi connectivity index (χ2n) is 6.73. The molecule has 24 heavy (non-hydrogen) atoms. The summed E-state index contributed by atoms with van der Waals surface area (Å²) in [4.78, 5) is 2.62. The van der Waals surface area contributed by atoms with E-state index in [1.54, 1.807) is 22.5 Å². The van der Waals surface area contributed by atoms with Crippen LogP contribution in [-0.2, 0) is 10.0 Å². The minimum absolute atomic E-state index is 0.280. The lowest BCUT2D eigenvalue weighted by Gasteiger charge is -2.34. The highest BCUT2D eigenvalue weighted by Crippen LogP contribution is 2.33. The molecule has 134 valence electrons. The molecule has 2 aliphatic rings. The third-order valence-electron chi connectivity index (χ3n) is 4.51. The summed E-state index contributed by atoms with van der Waals surface area (Å²) in [5.41, 5.74) is 0. The summed E-state index contributed by atoms with van der Waals surface area (Å²) in [6, 6.07) is 4.86. The molecular formula is C17H26N2O4S. The maximum Gasteiger partial charge on any atom is 0.243 e. The van der Waals surface area contributed by atoms with Gasteiger partial charge in [0.25, 0.3) is 0 Å². The minimum Gasteiger partial charge on any atom is -0.486 e. The fourth-order valence-electron chi connectivity index (χ4n) is 2.97. The summed E-state index contributed by atoms with van der Waals surface area (Å²) < 4.78 is 38.2. The predicted molar refractivity (Wildman–Crippen MR) is 92.1 cm³/mol. The van der Waals surface area contributed by atoms with E-state index in [4.69, 9.17) is 9.47 Å². The molecule has 2 heterocycles. The van der Waals surface area contributed by atoms with Gasteiger partial charge in [-0.3, -0.25) is 0 Å². The highest BCUT2D eigenvalue weighted by Gasteiger charge is 2.29. The minimum atomic E-state index is -3.48. The molecule has 3 rings (SSSR count). The van der Waals surface area contributed by atoms with Crippen LogP contribution in [-0.4, -0.2) is 63.6 Å². The van der Waals surface area contributed by atoms with Crippen molar-refractivity contribution in [3.63, 3.8) is 0 Å². The van der Waals surface area contributed by atoms with Gasteiger partial charge in [-0.1, -0.05) is 13.8 Å². The lowest BCUT2D eigenvalue weighted by atomic mass is 10.1. The molecule has 1 aromatic carbocycles. The number of hydrogen-bond donors (Lipinski definition) is 0. The molecule has 0 atom stereocenters. The van der Waals surface area contributed by atoms with E-state index in [2.05, 4.69) is 18.7 Å². The van der Waals surface area contributed by atoms with Crippen molar-refractivity contribution in [2.24, 2.45) is 5.92 Å². The van der Waals surface area contributed by atoms with Gasteiger partial charge in [0, 0.05) is 32.2 Å². The molecule has 0 amide bonds. The standard InChI is InChI=1S/C17H26N2O4S/c1-14(2)5-6-18-7-9-19(10-8-18)24(20,21)15-3-4-16-17(13-15)23-12-11-22-16/h3-4,13-14H,5-12H2,1-2H3. The first-order chi connectivity index (χ1) is 11.5. The third-order valence-corrected chi connectivity index (χ3v) is 6.40. The second-order valence-corrected chi connectivity index (χ2v) is 8.67. The largest absolute Gasteiger partial charge is 0.486 e. The molecule has 0 aliphatic carbocycles. The Morgan fingerprint density at radius 1 is 1.04 bits per heavy atom. The van der Waals surface area contributed by atoms with Crippen LogP contribution < -0.4 is 9.47 Å². The molecular weight excluding hydrogens is 328 g/mol. The number of piperazine rings is 1. The average molecular weight is 354 g/mol. The fourth-order valence-corrected chi connectivity index (χ4v) is 4.41. The zero-order valence-electron chi connectivity index (χ0n) is 14.4. The van der Waals surface area contributed by atoms with Crippen molar-refractivity contribution < 1.29 is 17.9 Å². The van der Waals surface area contributed by atoms with E-state index in [0.717, 1.165) is 26.1 Å². The van der Waals surface area contributed by atoms with Crippen molar-refractivity contribution in [1.29, 1.82) is 0 Å². The molecule has 0 saturated carbocycles. The lowest BCUT2D eigenvalue weighted by molar-refractivity contribution is 0.170. The Labute approximate surface area is 144 Å². The van der Waals surface area contributed by atoms with Crippen molar-refractivity contribution in [3.8, 4) is 11.5 Å². The Morgan fingerprint density at radius 3 is 2.38 bits per heavy atom. The number of rotatable bonds is 5. The SMILES string of the molecule is CC(C)CCN1CCN(S(=O)(=O)c2ccc3c(c2)OCCO3)CC1. The van der Waals surface area contributed by atoms with E-state index in [9.17, 15) is 8.42 Å². The molecule has 7 heteroatoms. The smallest absolute Gasteiger partial charge is 0.243 e. The third kappa shape index (κ3) is 3.84. The second kappa shape index (κ2) is 7.29. The van der Waals surface area contributed by atoms with Gasteiger partial charge in [-0.15, -0.1) is 0 Å². The predicted octanol–water partition coefficient (Wildman–Crippen LogP) is 1.81. The Morgan fingerprint density at radius 2 is 1.71 bits per heavy atom. The fraction of sp³-hybridized carbons (Fsp3) is 0.647. The summed E-state index contributed by atoms with van der Waals surface area (Å²) in [6.07, 6.45) is 1.15. The van der Waals surface area contributed by atoms with E-state index in [-0.39, 0.29) is 4.90 Å².